The molecule has 1 saturated carbocycles. The summed E-state index contributed by atoms with van der Waals surface area (Å²) in [4.78, 5) is 17.3. The van der Waals surface area contributed by atoms with Crippen LogP contribution >= 0.6 is 0 Å². The summed E-state index contributed by atoms with van der Waals surface area (Å²) in [6.07, 6.45) is 7.16. The number of hydrogen-bond donors (Lipinski definition) is 0. The molecular formula is C18H21NO2. The molecule has 0 radical (unpaired) electrons. The highest BCUT2D eigenvalue weighted by molar-refractivity contribution is 6.11. The van der Waals surface area contributed by atoms with Crippen molar-refractivity contribution in [1.82, 2.24) is 4.98 Å². The van der Waals surface area contributed by atoms with Gasteiger partial charge < -0.3 is 4.74 Å². The van der Waals surface area contributed by atoms with E-state index in [9.17, 15) is 4.79 Å². The zero-order valence-corrected chi connectivity index (χ0v) is 12.6. The van der Waals surface area contributed by atoms with Crippen molar-refractivity contribution >= 4 is 16.6 Å². The average molecular weight is 283 g/mol. The van der Waals surface area contributed by atoms with Crippen LogP contribution < -0.4 is 0 Å². The van der Waals surface area contributed by atoms with Crippen molar-refractivity contribution < 1.29 is 9.53 Å². The van der Waals surface area contributed by atoms with Crippen LogP contribution in [0.15, 0.2) is 36.7 Å². The molecular weight excluding hydrogens is 262 g/mol. The van der Waals surface area contributed by atoms with Gasteiger partial charge in [-0.1, -0.05) is 31.2 Å². The summed E-state index contributed by atoms with van der Waals surface area (Å²) < 4.78 is 5.71. The minimum absolute atomic E-state index is 0.0844. The second-order valence-corrected chi connectivity index (χ2v) is 6.12. The molecule has 1 aliphatic carbocycles. The van der Waals surface area contributed by atoms with Crippen molar-refractivity contribution in [2.45, 2.75) is 38.2 Å². The molecule has 0 atom stereocenters. The van der Waals surface area contributed by atoms with Crippen molar-refractivity contribution in [3.05, 3.63) is 42.2 Å². The van der Waals surface area contributed by atoms with E-state index in [1.54, 1.807) is 19.5 Å². The highest BCUT2D eigenvalue weighted by Crippen LogP contribution is 2.37. The molecule has 3 heteroatoms. The molecule has 0 N–H and O–H groups in total. The summed E-state index contributed by atoms with van der Waals surface area (Å²) in [5.41, 5.74) is 0.0164. The van der Waals surface area contributed by atoms with Gasteiger partial charge in [0.05, 0.1) is 0 Å². The van der Waals surface area contributed by atoms with Gasteiger partial charge >= 0.3 is 0 Å². The van der Waals surface area contributed by atoms with Gasteiger partial charge in [0.1, 0.15) is 5.60 Å². The van der Waals surface area contributed by atoms with Crippen LogP contribution in [0, 0.1) is 5.92 Å². The van der Waals surface area contributed by atoms with Gasteiger partial charge in [-0.05, 0) is 37.0 Å². The Morgan fingerprint density at radius 3 is 2.67 bits per heavy atom. The van der Waals surface area contributed by atoms with Crippen LogP contribution in [-0.4, -0.2) is 23.5 Å². The first-order valence-electron chi connectivity index (χ1n) is 7.59. The number of pyridine rings is 1. The Morgan fingerprint density at radius 1 is 1.24 bits per heavy atom. The molecule has 0 saturated heterocycles. The maximum absolute atomic E-state index is 13.1. The van der Waals surface area contributed by atoms with E-state index in [2.05, 4.69) is 11.9 Å². The van der Waals surface area contributed by atoms with Crippen LogP contribution in [0.3, 0.4) is 0 Å². The van der Waals surface area contributed by atoms with Crippen molar-refractivity contribution in [2.24, 2.45) is 5.92 Å². The zero-order chi connectivity index (χ0) is 14.9. The van der Waals surface area contributed by atoms with Crippen molar-refractivity contribution in [3.8, 4) is 0 Å². The third-order valence-corrected chi connectivity index (χ3v) is 4.80. The molecule has 3 nitrogen and oxygen atoms in total. The Hall–Kier alpha value is -1.74. The van der Waals surface area contributed by atoms with Gasteiger partial charge in [0.25, 0.3) is 0 Å². The highest BCUT2D eigenvalue weighted by atomic mass is 16.5. The summed E-state index contributed by atoms with van der Waals surface area (Å²) in [5, 5.41) is 1.96. The van der Waals surface area contributed by atoms with E-state index in [1.165, 1.54) is 0 Å². The van der Waals surface area contributed by atoms with Crippen molar-refractivity contribution in [1.29, 1.82) is 0 Å². The maximum atomic E-state index is 13.1. The number of carbonyl (C=O) groups is 1. The van der Waals surface area contributed by atoms with Gasteiger partial charge in [-0.3, -0.25) is 9.78 Å². The van der Waals surface area contributed by atoms with Gasteiger partial charge in [0.2, 0.25) is 0 Å². The molecule has 1 fully saturated rings. The summed E-state index contributed by atoms with van der Waals surface area (Å²) in [6.45, 7) is 2.24. The van der Waals surface area contributed by atoms with E-state index in [0.717, 1.165) is 36.5 Å². The monoisotopic (exact) mass is 283 g/mol. The molecule has 110 valence electrons. The van der Waals surface area contributed by atoms with E-state index in [1.807, 2.05) is 24.3 Å². The second-order valence-electron chi connectivity index (χ2n) is 6.12. The van der Waals surface area contributed by atoms with Gasteiger partial charge in [0, 0.05) is 30.5 Å². The highest BCUT2D eigenvalue weighted by Gasteiger charge is 2.42. The lowest BCUT2D eigenvalue weighted by Gasteiger charge is -2.37. The molecule has 0 aliphatic heterocycles. The third-order valence-electron chi connectivity index (χ3n) is 4.80. The normalized spacial score (nSPS) is 25.9. The van der Waals surface area contributed by atoms with Gasteiger partial charge in [-0.15, -0.1) is 0 Å². The fraction of sp³-hybridized carbons (Fsp3) is 0.444. The number of benzene rings is 1. The Labute approximate surface area is 125 Å². The second kappa shape index (κ2) is 5.57. The first-order chi connectivity index (χ1) is 10.2. The number of fused-ring (bicyclic) bond motifs is 1. The van der Waals surface area contributed by atoms with Crippen LogP contribution in [-0.2, 0) is 4.74 Å². The standard InChI is InChI=1S/C18H21NO2/c1-13-7-9-18(21-2,10-8-13)17(20)16-12-19-11-14-5-3-4-6-15(14)16/h3-6,11-13H,7-10H2,1-2H3. The third kappa shape index (κ3) is 2.46. The van der Waals surface area contributed by atoms with Crippen LogP contribution in [0.2, 0.25) is 0 Å². The summed E-state index contributed by atoms with van der Waals surface area (Å²) in [7, 11) is 1.66. The fourth-order valence-electron chi connectivity index (χ4n) is 3.30. The molecule has 0 amide bonds. The quantitative estimate of drug-likeness (QED) is 0.799. The molecule has 1 aromatic heterocycles. The van der Waals surface area contributed by atoms with E-state index in [-0.39, 0.29) is 5.78 Å². The van der Waals surface area contributed by atoms with Gasteiger partial charge in [-0.25, -0.2) is 0 Å². The Balaban J connectivity index is 2.03. The van der Waals surface area contributed by atoms with Crippen molar-refractivity contribution in [3.63, 3.8) is 0 Å². The molecule has 1 heterocycles. The average Bonchev–Trinajstić information content (AvgIpc) is 2.55. The zero-order valence-electron chi connectivity index (χ0n) is 12.6. The first-order valence-corrected chi connectivity index (χ1v) is 7.59. The van der Waals surface area contributed by atoms with E-state index >= 15 is 0 Å². The molecule has 0 unspecified atom stereocenters. The number of rotatable bonds is 3. The lowest BCUT2D eigenvalue weighted by atomic mass is 9.75. The van der Waals surface area contributed by atoms with Crippen LogP contribution in [0.4, 0.5) is 0 Å². The number of hydrogen-bond acceptors (Lipinski definition) is 3. The summed E-state index contributed by atoms with van der Waals surface area (Å²) in [6, 6.07) is 7.90. The number of ether oxygens (including phenoxy) is 1. The minimum Gasteiger partial charge on any atom is -0.370 e. The largest absolute Gasteiger partial charge is 0.370 e. The number of carbonyl (C=O) groups excluding carboxylic acids is 1. The topological polar surface area (TPSA) is 39.2 Å². The molecule has 21 heavy (non-hydrogen) atoms. The van der Waals surface area contributed by atoms with E-state index in [4.69, 9.17) is 4.74 Å². The lowest BCUT2D eigenvalue weighted by Crippen LogP contribution is -2.44. The Morgan fingerprint density at radius 2 is 1.95 bits per heavy atom. The molecule has 1 aromatic carbocycles. The smallest absolute Gasteiger partial charge is 0.196 e. The molecule has 1 aliphatic rings. The number of Topliss-reactive ketones (excluding diaryl/α,β-unsaturated/α-hetero) is 1. The molecule has 2 aromatic rings. The van der Waals surface area contributed by atoms with Crippen LogP contribution in [0.5, 0.6) is 0 Å². The predicted molar refractivity (Wildman–Crippen MR) is 83.4 cm³/mol. The predicted octanol–water partition coefficient (Wildman–Crippen LogP) is 4.01. The summed E-state index contributed by atoms with van der Waals surface area (Å²) >= 11 is 0. The number of methoxy groups -OCH3 is 1. The minimum atomic E-state index is -0.668. The SMILES string of the molecule is COC1(C(=O)c2cncc3ccccc23)CCC(C)CC1. The summed E-state index contributed by atoms with van der Waals surface area (Å²) in [5.74, 6) is 0.757. The number of ketones is 1. The van der Waals surface area contributed by atoms with Crippen LogP contribution in [0.25, 0.3) is 10.8 Å². The molecule has 3 rings (SSSR count). The Bertz CT molecular complexity index is 652. The molecule has 0 spiro atoms. The number of nitrogens with zero attached hydrogens (tertiary/aromatic N) is 1. The van der Waals surface area contributed by atoms with Crippen LogP contribution in [0.1, 0.15) is 43.0 Å². The fourth-order valence-corrected chi connectivity index (χ4v) is 3.30. The maximum Gasteiger partial charge on any atom is 0.196 e. The van der Waals surface area contributed by atoms with Crippen molar-refractivity contribution in [2.75, 3.05) is 7.11 Å². The first kappa shape index (κ1) is 14.2. The Kier molecular flexibility index (Phi) is 3.77. The van der Waals surface area contributed by atoms with Gasteiger partial charge in [0.15, 0.2) is 5.78 Å². The number of aromatic nitrogens is 1. The van der Waals surface area contributed by atoms with Gasteiger partial charge in [-0.2, -0.15) is 0 Å². The molecule has 0 bridgehead atoms. The lowest BCUT2D eigenvalue weighted by molar-refractivity contribution is -0.0262. The van der Waals surface area contributed by atoms with E-state index < -0.39 is 5.60 Å². The van der Waals surface area contributed by atoms with E-state index in [0.29, 0.717) is 11.5 Å².